The van der Waals surface area contributed by atoms with E-state index in [-0.39, 0.29) is 5.75 Å². The third-order valence-electron chi connectivity index (χ3n) is 3.12. The van der Waals surface area contributed by atoms with Crippen molar-refractivity contribution >= 4 is 45.3 Å². The highest BCUT2D eigenvalue weighted by atomic mass is 127. The normalized spacial score (nSPS) is 11.2. The van der Waals surface area contributed by atoms with Crippen LogP contribution in [0, 0.1) is 3.57 Å². The molecule has 0 aromatic heterocycles. The van der Waals surface area contributed by atoms with E-state index in [4.69, 9.17) is 0 Å². The first-order valence-corrected chi connectivity index (χ1v) is 7.32. The van der Waals surface area contributed by atoms with E-state index in [0.717, 1.165) is 22.0 Å². The zero-order valence-corrected chi connectivity index (χ0v) is 12.8. The summed E-state index contributed by atoms with van der Waals surface area (Å²) in [5.74, 6) is 0.248. The summed E-state index contributed by atoms with van der Waals surface area (Å²) in [5.41, 5.74) is 1.62. The minimum Gasteiger partial charge on any atom is -0.507 e. The van der Waals surface area contributed by atoms with E-state index in [1.165, 1.54) is 3.57 Å². The van der Waals surface area contributed by atoms with Gasteiger partial charge in [-0.3, -0.25) is 4.99 Å². The molecule has 3 aromatic carbocycles. The summed E-state index contributed by atoms with van der Waals surface area (Å²) in [6.45, 7) is 0. The minimum atomic E-state index is 0.248. The van der Waals surface area contributed by atoms with E-state index in [9.17, 15) is 5.11 Å². The first-order valence-electron chi connectivity index (χ1n) is 6.24. The molecule has 0 saturated heterocycles. The number of aliphatic imine (C=N–C) groups is 1. The van der Waals surface area contributed by atoms with Crippen molar-refractivity contribution in [3.63, 3.8) is 0 Å². The summed E-state index contributed by atoms with van der Waals surface area (Å²) < 4.78 is 1.18. The van der Waals surface area contributed by atoms with E-state index < -0.39 is 0 Å². The van der Waals surface area contributed by atoms with Crippen LogP contribution in [-0.2, 0) is 0 Å². The Labute approximate surface area is 130 Å². The standard InChI is InChI=1S/C17H12INO/c18-13-6-8-14(9-7-13)19-11-16-15-4-2-1-3-12(15)5-10-17(16)20/h1-11,20H. The van der Waals surface area contributed by atoms with Crippen molar-refractivity contribution in [3.05, 3.63) is 69.8 Å². The highest BCUT2D eigenvalue weighted by Crippen LogP contribution is 2.26. The molecule has 0 aliphatic heterocycles. The molecule has 0 bridgehead atoms. The second kappa shape index (κ2) is 5.63. The van der Waals surface area contributed by atoms with Gasteiger partial charge in [-0.2, -0.15) is 0 Å². The third kappa shape index (κ3) is 2.67. The Hall–Kier alpha value is -1.88. The third-order valence-corrected chi connectivity index (χ3v) is 3.84. The Morgan fingerprint density at radius 2 is 1.65 bits per heavy atom. The number of phenolic OH excluding ortho intramolecular Hbond substituents is 1. The maximum Gasteiger partial charge on any atom is 0.124 e. The van der Waals surface area contributed by atoms with E-state index in [1.54, 1.807) is 12.3 Å². The molecule has 0 heterocycles. The van der Waals surface area contributed by atoms with Crippen molar-refractivity contribution in [1.82, 2.24) is 0 Å². The summed E-state index contributed by atoms with van der Waals surface area (Å²) in [4.78, 5) is 4.44. The van der Waals surface area contributed by atoms with Crippen LogP contribution in [0.2, 0.25) is 0 Å². The molecule has 0 aliphatic carbocycles. The number of fused-ring (bicyclic) bond motifs is 1. The average molecular weight is 373 g/mol. The first-order chi connectivity index (χ1) is 9.74. The zero-order chi connectivity index (χ0) is 13.9. The molecule has 0 radical (unpaired) electrons. The minimum absolute atomic E-state index is 0.248. The fourth-order valence-electron chi connectivity index (χ4n) is 2.09. The second-order valence-electron chi connectivity index (χ2n) is 4.45. The molecule has 98 valence electrons. The van der Waals surface area contributed by atoms with Gasteiger partial charge in [-0.15, -0.1) is 0 Å². The molecule has 0 aliphatic rings. The number of benzene rings is 3. The maximum atomic E-state index is 10.0. The molecule has 0 spiro atoms. The Morgan fingerprint density at radius 1 is 0.900 bits per heavy atom. The van der Waals surface area contributed by atoms with Gasteiger partial charge >= 0.3 is 0 Å². The zero-order valence-electron chi connectivity index (χ0n) is 10.6. The van der Waals surface area contributed by atoms with Crippen molar-refractivity contribution in [1.29, 1.82) is 0 Å². The predicted octanol–water partition coefficient (Wildman–Crippen LogP) is 4.90. The van der Waals surface area contributed by atoms with Gasteiger partial charge in [0, 0.05) is 15.3 Å². The molecular weight excluding hydrogens is 361 g/mol. The lowest BCUT2D eigenvalue weighted by Gasteiger charge is -2.04. The maximum absolute atomic E-state index is 10.0. The van der Waals surface area contributed by atoms with Crippen LogP contribution in [0.5, 0.6) is 5.75 Å². The highest BCUT2D eigenvalue weighted by molar-refractivity contribution is 14.1. The van der Waals surface area contributed by atoms with Crippen LogP contribution >= 0.6 is 22.6 Å². The van der Waals surface area contributed by atoms with Crippen LogP contribution in [0.3, 0.4) is 0 Å². The summed E-state index contributed by atoms with van der Waals surface area (Å²) in [5, 5.41) is 12.1. The van der Waals surface area contributed by atoms with Crippen LogP contribution in [0.25, 0.3) is 10.8 Å². The highest BCUT2D eigenvalue weighted by Gasteiger charge is 2.03. The summed E-state index contributed by atoms with van der Waals surface area (Å²) in [6.07, 6.45) is 1.72. The molecule has 3 rings (SSSR count). The summed E-state index contributed by atoms with van der Waals surface area (Å²) >= 11 is 2.26. The number of hydrogen-bond acceptors (Lipinski definition) is 2. The van der Waals surface area contributed by atoms with Gasteiger partial charge in [0.2, 0.25) is 0 Å². The molecule has 1 N–H and O–H groups in total. The number of rotatable bonds is 2. The summed E-state index contributed by atoms with van der Waals surface area (Å²) in [6, 6.07) is 19.5. The molecule has 0 saturated carbocycles. The molecule has 0 fully saturated rings. The smallest absolute Gasteiger partial charge is 0.124 e. The van der Waals surface area contributed by atoms with Crippen LogP contribution < -0.4 is 0 Å². The monoisotopic (exact) mass is 373 g/mol. The molecule has 0 amide bonds. The molecule has 0 unspecified atom stereocenters. The van der Waals surface area contributed by atoms with Gasteiger partial charge in [0.05, 0.1) is 5.69 Å². The van der Waals surface area contributed by atoms with E-state index in [0.29, 0.717) is 0 Å². The van der Waals surface area contributed by atoms with Gasteiger partial charge in [-0.1, -0.05) is 30.3 Å². The molecular formula is C17H12INO. The second-order valence-corrected chi connectivity index (χ2v) is 5.70. The molecule has 3 heteroatoms. The van der Waals surface area contributed by atoms with Crippen molar-refractivity contribution in [3.8, 4) is 5.75 Å². The van der Waals surface area contributed by atoms with Gasteiger partial charge < -0.3 is 5.11 Å². The Morgan fingerprint density at radius 3 is 2.45 bits per heavy atom. The van der Waals surface area contributed by atoms with Crippen molar-refractivity contribution in [2.45, 2.75) is 0 Å². The van der Waals surface area contributed by atoms with Crippen LogP contribution in [0.1, 0.15) is 5.56 Å². The lowest BCUT2D eigenvalue weighted by Crippen LogP contribution is -1.85. The number of nitrogens with zero attached hydrogens (tertiary/aromatic N) is 1. The van der Waals surface area contributed by atoms with E-state index in [2.05, 4.69) is 27.6 Å². The molecule has 2 nitrogen and oxygen atoms in total. The predicted molar refractivity (Wildman–Crippen MR) is 92.0 cm³/mol. The van der Waals surface area contributed by atoms with Crippen molar-refractivity contribution in [2.75, 3.05) is 0 Å². The summed E-state index contributed by atoms with van der Waals surface area (Å²) in [7, 11) is 0. The van der Waals surface area contributed by atoms with Crippen LogP contribution in [0.4, 0.5) is 5.69 Å². The first kappa shape index (κ1) is 13.1. The van der Waals surface area contributed by atoms with Gasteiger partial charge in [-0.05, 0) is 63.7 Å². The van der Waals surface area contributed by atoms with Gasteiger partial charge in [0.15, 0.2) is 0 Å². The van der Waals surface area contributed by atoms with E-state index >= 15 is 0 Å². The topological polar surface area (TPSA) is 32.6 Å². The lowest BCUT2D eigenvalue weighted by atomic mass is 10.0. The van der Waals surface area contributed by atoms with Crippen molar-refractivity contribution in [2.24, 2.45) is 4.99 Å². The number of aromatic hydroxyl groups is 1. The van der Waals surface area contributed by atoms with Gasteiger partial charge in [-0.25, -0.2) is 0 Å². The lowest BCUT2D eigenvalue weighted by molar-refractivity contribution is 0.475. The Kier molecular flexibility index (Phi) is 3.69. The number of phenols is 1. The average Bonchev–Trinajstić information content (AvgIpc) is 2.48. The molecule has 3 aromatic rings. The van der Waals surface area contributed by atoms with E-state index in [1.807, 2.05) is 54.6 Å². The van der Waals surface area contributed by atoms with Gasteiger partial charge in [0.25, 0.3) is 0 Å². The largest absolute Gasteiger partial charge is 0.507 e. The number of halogens is 1. The Bertz CT molecular complexity index is 779. The number of hydrogen-bond donors (Lipinski definition) is 1. The quantitative estimate of drug-likeness (QED) is 0.503. The molecule has 0 atom stereocenters. The van der Waals surface area contributed by atoms with Gasteiger partial charge in [0.1, 0.15) is 5.75 Å². The molecule has 20 heavy (non-hydrogen) atoms. The SMILES string of the molecule is Oc1ccc2ccccc2c1C=Nc1ccc(I)cc1. The van der Waals surface area contributed by atoms with Crippen LogP contribution in [-0.4, -0.2) is 11.3 Å². The van der Waals surface area contributed by atoms with Crippen molar-refractivity contribution < 1.29 is 5.11 Å². The Balaban J connectivity index is 2.06. The fourth-order valence-corrected chi connectivity index (χ4v) is 2.45. The van der Waals surface area contributed by atoms with Crippen LogP contribution in [0.15, 0.2) is 65.7 Å². The fraction of sp³-hybridized carbons (Fsp3) is 0.